The van der Waals surface area contributed by atoms with Crippen LogP contribution in [-0.2, 0) is 0 Å². The molecule has 0 spiro atoms. The van der Waals surface area contributed by atoms with Gasteiger partial charge in [-0.3, -0.25) is 5.84 Å². The van der Waals surface area contributed by atoms with Crippen LogP contribution in [0.4, 0.5) is 0 Å². The van der Waals surface area contributed by atoms with Gasteiger partial charge in [0.25, 0.3) is 0 Å². The molecule has 0 aromatic heterocycles. The van der Waals surface area contributed by atoms with Crippen LogP contribution in [0.5, 0.6) is 0 Å². The zero-order valence-electron chi connectivity index (χ0n) is 3.94. The third-order valence-corrected chi connectivity index (χ3v) is 0.547. The molecule has 1 aliphatic rings. The van der Waals surface area contributed by atoms with Crippen molar-refractivity contribution >= 4 is 0 Å². The van der Waals surface area contributed by atoms with E-state index >= 15 is 0 Å². The van der Waals surface area contributed by atoms with Gasteiger partial charge in [0, 0.05) is 0 Å². The predicted octanol–water partition coefficient (Wildman–Crippen LogP) is 0.0816. The van der Waals surface area contributed by atoms with Crippen molar-refractivity contribution in [1.82, 2.24) is 5.43 Å². The third-order valence-electron chi connectivity index (χ3n) is 0.547. The highest BCUT2D eigenvalue weighted by atomic mass is 15.5. The summed E-state index contributed by atoms with van der Waals surface area (Å²) < 4.78 is 0. The maximum Gasteiger partial charge on any atom is 0.216 e. The molecule has 42 valence electrons. The number of hydrazine groups is 1. The fourth-order valence-corrected chi connectivity index (χ4v) is 0.284. The van der Waals surface area contributed by atoms with Gasteiger partial charge in [-0.1, -0.05) is 0 Å². The van der Waals surface area contributed by atoms with Crippen LogP contribution in [0.15, 0.2) is 32.7 Å². The molecule has 3 N–H and O–H groups in total. The Kier molecular flexibility index (Phi) is 1.29. The lowest BCUT2D eigenvalue weighted by Gasteiger charge is -1.81. The predicted molar refractivity (Wildman–Crippen MR) is 25.1 cm³/mol. The van der Waals surface area contributed by atoms with Crippen molar-refractivity contribution in [3.63, 3.8) is 0 Å². The lowest BCUT2D eigenvalue weighted by Crippen LogP contribution is -2.13. The molecule has 0 unspecified atom stereocenters. The second-order valence-electron chi connectivity index (χ2n) is 1.05. The molecule has 1 heterocycles. The lowest BCUT2D eigenvalue weighted by molar-refractivity contribution is 0.939. The molecule has 0 bridgehead atoms. The van der Waals surface area contributed by atoms with E-state index in [9.17, 15) is 0 Å². The molecular formula is C2H4N6. The Morgan fingerprint density at radius 3 is 2.50 bits per heavy atom. The van der Waals surface area contributed by atoms with Gasteiger partial charge in [-0.2, -0.15) is 0 Å². The van der Waals surface area contributed by atoms with Crippen molar-refractivity contribution in [3.05, 3.63) is 12.0 Å². The molecule has 1 aliphatic heterocycles. The van der Waals surface area contributed by atoms with Gasteiger partial charge in [0.2, 0.25) is 5.82 Å². The monoisotopic (exact) mass is 112 g/mol. The first kappa shape index (κ1) is 4.85. The van der Waals surface area contributed by atoms with Gasteiger partial charge in [0.15, 0.2) is 0 Å². The Balaban J connectivity index is 2.60. The van der Waals surface area contributed by atoms with Crippen LogP contribution in [0, 0.1) is 0 Å². The van der Waals surface area contributed by atoms with Crippen molar-refractivity contribution in [2.45, 2.75) is 0 Å². The minimum Gasteiger partial charge on any atom is -0.327 e. The number of nitrogens with two attached hydrogens (primary N) is 1. The van der Waals surface area contributed by atoms with Gasteiger partial charge in [-0.25, -0.2) is 0 Å². The summed E-state index contributed by atoms with van der Waals surface area (Å²) in [6.45, 7) is 0. The second-order valence-corrected chi connectivity index (χ2v) is 1.05. The highest BCUT2D eigenvalue weighted by Crippen LogP contribution is 2.05. The average molecular weight is 112 g/mol. The average Bonchev–Trinajstić information content (AvgIpc) is 2.19. The second kappa shape index (κ2) is 2.12. The summed E-state index contributed by atoms with van der Waals surface area (Å²) in [6.07, 6.45) is 1.39. The Labute approximate surface area is 45.1 Å². The number of nitrogens with zero attached hydrogens (tertiary/aromatic N) is 4. The summed E-state index contributed by atoms with van der Waals surface area (Å²) in [6, 6.07) is 0. The highest BCUT2D eigenvalue weighted by Gasteiger charge is 1.93. The van der Waals surface area contributed by atoms with Gasteiger partial charge < -0.3 is 5.43 Å². The van der Waals surface area contributed by atoms with E-state index in [4.69, 9.17) is 5.84 Å². The van der Waals surface area contributed by atoms with Crippen molar-refractivity contribution in [3.8, 4) is 0 Å². The maximum atomic E-state index is 4.88. The van der Waals surface area contributed by atoms with Crippen molar-refractivity contribution in [1.29, 1.82) is 0 Å². The molecule has 8 heavy (non-hydrogen) atoms. The lowest BCUT2D eigenvalue weighted by atomic mass is 10.8. The summed E-state index contributed by atoms with van der Waals surface area (Å²) in [7, 11) is 0. The van der Waals surface area contributed by atoms with Crippen LogP contribution in [0.2, 0.25) is 0 Å². The molecule has 0 fully saturated rings. The van der Waals surface area contributed by atoms with E-state index in [0.29, 0.717) is 5.82 Å². The van der Waals surface area contributed by atoms with Gasteiger partial charge in [-0.15, -0.1) is 10.2 Å². The Morgan fingerprint density at radius 2 is 2.00 bits per heavy atom. The topological polar surface area (TPSA) is 87.5 Å². The summed E-state index contributed by atoms with van der Waals surface area (Å²) in [5.74, 6) is 5.26. The molecular weight excluding hydrogens is 108 g/mol. The zero-order valence-corrected chi connectivity index (χ0v) is 3.94. The van der Waals surface area contributed by atoms with Gasteiger partial charge in [0.05, 0.1) is 6.20 Å². The third kappa shape index (κ3) is 0.850. The number of hydrogen-bond donors (Lipinski definition) is 2. The van der Waals surface area contributed by atoms with E-state index in [1.807, 2.05) is 0 Å². The molecule has 0 saturated carbocycles. The van der Waals surface area contributed by atoms with Crippen LogP contribution >= 0.6 is 0 Å². The SMILES string of the molecule is NNC=C1N=NN=N1. The van der Waals surface area contributed by atoms with Crippen LogP contribution in [0.25, 0.3) is 0 Å². The first-order valence-electron chi connectivity index (χ1n) is 1.91. The fraction of sp³-hybridized carbons (Fsp3) is 0. The minimum atomic E-state index is 0.382. The van der Waals surface area contributed by atoms with E-state index in [0.717, 1.165) is 0 Å². The number of rotatable bonds is 1. The highest BCUT2D eigenvalue weighted by molar-refractivity contribution is 4.94. The van der Waals surface area contributed by atoms with Crippen molar-refractivity contribution in [2.24, 2.45) is 26.5 Å². The van der Waals surface area contributed by atoms with E-state index < -0.39 is 0 Å². The smallest absolute Gasteiger partial charge is 0.216 e. The van der Waals surface area contributed by atoms with Crippen molar-refractivity contribution in [2.75, 3.05) is 0 Å². The maximum absolute atomic E-state index is 4.88. The van der Waals surface area contributed by atoms with Crippen molar-refractivity contribution < 1.29 is 0 Å². The fourth-order valence-electron chi connectivity index (χ4n) is 0.284. The summed E-state index contributed by atoms with van der Waals surface area (Å²) in [5.41, 5.74) is 2.24. The molecule has 6 heteroatoms. The van der Waals surface area contributed by atoms with Crippen LogP contribution in [0.3, 0.4) is 0 Å². The van der Waals surface area contributed by atoms with E-state index in [1.165, 1.54) is 6.20 Å². The standard InChI is InChI=1S/C2H4N6/c3-4-1-2-5-7-8-6-2/h1,4H,3H2. The van der Waals surface area contributed by atoms with E-state index in [1.54, 1.807) is 0 Å². The van der Waals surface area contributed by atoms with Crippen LogP contribution < -0.4 is 11.3 Å². The molecule has 0 amide bonds. The normalized spacial score (nSPS) is 14.9. The molecule has 0 aliphatic carbocycles. The molecule has 0 aromatic carbocycles. The molecule has 0 radical (unpaired) electrons. The molecule has 0 atom stereocenters. The van der Waals surface area contributed by atoms with Gasteiger partial charge in [-0.05, 0) is 10.4 Å². The minimum absolute atomic E-state index is 0.382. The van der Waals surface area contributed by atoms with E-state index in [-0.39, 0.29) is 0 Å². The summed E-state index contributed by atoms with van der Waals surface area (Å²) in [4.78, 5) is 0. The number of hydrogen-bond acceptors (Lipinski definition) is 6. The molecule has 0 aromatic rings. The van der Waals surface area contributed by atoms with Gasteiger partial charge in [0.1, 0.15) is 0 Å². The first-order valence-corrected chi connectivity index (χ1v) is 1.91. The van der Waals surface area contributed by atoms with Crippen LogP contribution in [0.1, 0.15) is 0 Å². The molecule has 1 rings (SSSR count). The Bertz CT molecular complexity index is 140. The van der Waals surface area contributed by atoms with Gasteiger partial charge >= 0.3 is 0 Å². The largest absolute Gasteiger partial charge is 0.327 e. The summed E-state index contributed by atoms with van der Waals surface area (Å²) >= 11 is 0. The summed E-state index contributed by atoms with van der Waals surface area (Å²) in [5, 5.41) is 13.3. The van der Waals surface area contributed by atoms with E-state index in [2.05, 4.69) is 26.1 Å². The molecule has 0 saturated heterocycles. The molecule has 6 nitrogen and oxygen atoms in total. The Morgan fingerprint density at radius 1 is 1.38 bits per heavy atom. The van der Waals surface area contributed by atoms with Crippen LogP contribution in [-0.4, -0.2) is 0 Å². The number of nitrogens with one attached hydrogen (secondary N) is 1. The first-order chi connectivity index (χ1) is 3.93. The Hall–Kier alpha value is -1.30. The quantitative estimate of drug-likeness (QED) is 0.371. The zero-order chi connectivity index (χ0) is 5.82.